The molecule has 0 aliphatic carbocycles. The van der Waals surface area contributed by atoms with Crippen LogP contribution in [0.3, 0.4) is 0 Å². The predicted molar refractivity (Wildman–Crippen MR) is 80.8 cm³/mol. The molecule has 2 aromatic rings. The van der Waals surface area contributed by atoms with Crippen molar-refractivity contribution in [2.24, 2.45) is 0 Å². The number of hydrogen-bond donors (Lipinski definition) is 0. The third kappa shape index (κ3) is 3.36. The second-order valence-corrected chi connectivity index (χ2v) is 7.25. The highest BCUT2D eigenvalue weighted by atomic mass is 127. The molecule has 2 rings (SSSR count). The zero-order chi connectivity index (χ0) is 11.5. The number of alkyl halides is 1. The highest BCUT2D eigenvalue weighted by Gasteiger charge is 2.10. The van der Waals surface area contributed by atoms with E-state index < -0.39 is 0 Å². The third-order valence-corrected chi connectivity index (χ3v) is 4.74. The van der Waals surface area contributed by atoms with E-state index in [-0.39, 0.29) is 5.38 Å². The number of rotatable bonds is 3. The van der Waals surface area contributed by atoms with Gasteiger partial charge in [0.15, 0.2) is 0 Å². The summed E-state index contributed by atoms with van der Waals surface area (Å²) in [5.41, 5.74) is 2.41. The molecule has 0 nitrogen and oxygen atoms in total. The van der Waals surface area contributed by atoms with E-state index in [9.17, 15) is 0 Å². The van der Waals surface area contributed by atoms with Crippen molar-refractivity contribution in [2.45, 2.75) is 11.8 Å². The largest absolute Gasteiger partial charge is 0.137 e. The summed E-state index contributed by atoms with van der Waals surface area (Å²) in [4.78, 5) is 0. The van der Waals surface area contributed by atoms with Crippen LogP contribution in [0, 0.1) is 2.88 Å². The molecule has 0 amide bonds. The molecular weight excluding hydrogens is 374 g/mol. The summed E-state index contributed by atoms with van der Waals surface area (Å²) >= 11 is 16.2. The van der Waals surface area contributed by atoms with Crippen LogP contribution in [0.1, 0.15) is 16.5 Å². The summed E-state index contributed by atoms with van der Waals surface area (Å²) < 4.78 is 1.27. The van der Waals surface area contributed by atoms with Crippen molar-refractivity contribution in [3.05, 3.63) is 54.7 Å². The SMILES string of the molecule is Clc1ccc(CC(Cl)c2csc(I)c2)cc1. The van der Waals surface area contributed by atoms with Crippen LogP contribution in [0.25, 0.3) is 0 Å². The monoisotopic (exact) mass is 382 g/mol. The Morgan fingerprint density at radius 2 is 1.94 bits per heavy atom. The summed E-state index contributed by atoms with van der Waals surface area (Å²) in [6, 6.07) is 9.98. The topological polar surface area (TPSA) is 0 Å². The summed E-state index contributed by atoms with van der Waals surface area (Å²) in [5, 5.41) is 2.93. The van der Waals surface area contributed by atoms with E-state index in [0.29, 0.717) is 0 Å². The molecule has 1 unspecified atom stereocenters. The zero-order valence-electron chi connectivity index (χ0n) is 8.29. The van der Waals surface area contributed by atoms with E-state index in [4.69, 9.17) is 23.2 Å². The van der Waals surface area contributed by atoms with Crippen LogP contribution in [0.4, 0.5) is 0 Å². The molecule has 0 saturated carbocycles. The lowest BCUT2D eigenvalue weighted by molar-refractivity contribution is 0.925. The van der Waals surface area contributed by atoms with Gasteiger partial charge >= 0.3 is 0 Å². The summed E-state index contributed by atoms with van der Waals surface area (Å²) in [6.07, 6.45) is 0.839. The highest BCUT2D eigenvalue weighted by molar-refractivity contribution is 14.1. The number of halogens is 3. The third-order valence-electron chi connectivity index (χ3n) is 2.28. The van der Waals surface area contributed by atoms with E-state index in [1.807, 2.05) is 24.3 Å². The standard InChI is InChI=1S/C12H9Cl2IS/c13-10-3-1-8(2-4-10)5-11(14)9-6-12(15)16-7-9/h1-4,6-7,11H,5H2. The first-order valence-corrected chi connectivity index (χ1v) is 7.55. The Morgan fingerprint density at radius 1 is 1.25 bits per heavy atom. The molecule has 1 aromatic carbocycles. The Hall–Kier alpha value is 0.230. The maximum atomic E-state index is 6.36. The van der Waals surface area contributed by atoms with Gasteiger partial charge in [-0.3, -0.25) is 0 Å². The Kier molecular flexibility index (Phi) is 4.53. The second kappa shape index (κ2) is 5.71. The highest BCUT2D eigenvalue weighted by Crippen LogP contribution is 2.29. The van der Waals surface area contributed by atoms with Gasteiger partial charge in [0, 0.05) is 5.02 Å². The minimum atomic E-state index is 0.0425. The van der Waals surface area contributed by atoms with Crippen molar-refractivity contribution >= 4 is 57.1 Å². The van der Waals surface area contributed by atoms with E-state index in [0.717, 1.165) is 11.4 Å². The molecule has 1 heterocycles. The first kappa shape index (κ1) is 12.7. The fourth-order valence-electron chi connectivity index (χ4n) is 1.43. The van der Waals surface area contributed by atoms with Gasteiger partial charge in [0.25, 0.3) is 0 Å². The average molecular weight is 383 g/mol. The van der Waals surface area contributed by atoms with Crippen molar-refractivity contribution in [2.75, 3.05) is 0 Å². The predicted octanol–water partition coefficient (Wildman–Crippen LogP) is 5.53. The average Bonchev–Trinajstić information content (AvgIpc) is 2.68. The molecular formula is C12H9Cl2IS. The van der Waals surface area contributed by atoms with E-state index >= 15 is 0 Å². The molecule has 0 radical (unpaired) electrons. The zero-order valence-corrected chi connectivity index (χ0v) is 12.8. The number of thiophene rings is 1. The lowest BCUT2D eigenvalue weighted by Crippen LogP contribution is -1.93. The number of hydrogen-bond acceptors (Lipinski definition) is 1. The van der Waals surface area contributed by atoms with Crippen LogP contribution in [0.15, 0.2) is 35.7 Å². The maximum Gasteiger partial charge on any atom is 0.0656 e. The Balaban J connectivity index is 2.07. The van der Waals surface area contributed by atoms with E-state index in [2.05, 4.69) is 34.0 Å². The fraction of sp³-hybridized carbons (Fsp3) is 0.167. The molecule has 16 heavy (non-hydrogen) atoms. The maximum absolute atomic E-state index is 6.36. The van der Waals surface area contributed by atoms with Gasteiger partial charge in [0.05, 0.1) is 8.26 Å². The van der Waals surface area contributed by atoms with Crippen molar-refractivity contribution in [1.82, 2.24) is 0 Å². The van der Waals surface area contributed by atoms with Crippen molar-refractivity contribution in [3.8, 4) is 0 Å². The summed E-state index contributed by atoms with van der Waals surface area (Å²) in [5.74, 6) is 0. The van der Waals surface area contributed by atoms with Crippen LogP contribution >= 0.6 is 57.1 Å². The fourth-order valence-corrected chi connectivity index (χ4v) is 3.36. The molecule has 0 bridgehead atoms. The van der Waals surface area contributed by atoms with Gasteiger partial charge in [-0.25, -0.2) is 0 Å². The minimum absolute atomic E-state index is 0.0425. The lowest BCUT2D eigenvalue weighted by Gasteiger charge is -2.07. The van der Waals surface area contributed by atoms with E-state index in [1.165, 1.54) is 14.0 Å². The molecule has 0 saturated heterocycles. The molecule has 0 fully saturated rings. The smallest absolute Gasteiger partial charge is 0.0656 e. The summed E-state index contributed by atoms with van der Waals surface area (Å²) in [6.45, 7) is 0. The molecule has 0 aliphatic heterocycles. The molecule has 0 N–H and O–H groups in total. The van der Waals surface area contributed by atoms with Gasteiger partial charge in [-0.15, -0.1) is 22.9 Å². The van der Waals surface area contributed by atoms with Crippen LogP contribution in [-0.4, -0.2) is 0 Å². The molecule has 1 aromatic heterocycles. The van der Waals surface area contributed by atoms with Crippen molar-refractivity contribution < 1.29 is 0 Å². The quantitative estimate of drug-likeness (QED) is 0.483. The molecule has 0 aliphatic rings. The van der Waals surface area contributed by atoms with Gasteiger partial charge in [-0.2, -0.15) is 0 Å². The molecule has 0 spiro atoms. The van der Waals surface area contributed by atoms with Crippen LogP contribution in [0.2, 0.25) is 5.02 Å². The van der Waals surface area contributed by atoms with Gasteiger partial charge in [0.2, 0.25) is 0 Å². The Bertz CT molecular complexity index is 464. The molecule has 4 heteroatoms. The molecule has 1 atom stereocenters. The normalized spacial score (nSPS) is 12.7. The van der Waals surface area contributed by atoms with Crippen LogP contribution in [0.5, 0.6) is 0 Å². The Morgan fingerprint density at radius 3 is 2.50 bits per heavy atom. The van der Waals surface area contributed by atoms with Gasteiger partial charge in [0.1, 0.15) is 0 Å². The van der Waals surface area contributed by atoms with Crippen LogP contribution < -0.4 is 0 Å². The second-order valence-electron chi connectivity index (χ2n) is 3.48. The summed E-state index contributed by atoms with van der Waals surface area (Å²) in [7, 11) is 0. The van der Waals surface area contributed by atoms with Gasteiger partial charge in [-0.05, 0) is 63.7 Å². The minimum Gasteiger partial charge on any atom is -0.137 e. The Labute approximate surface area is 123 Å². The van der Waals surface area contributed by atoms with E-state index in [1.54, 1.807) is 11.3 Å². The number of benzene rings is 1. The van der Waals surface area contributed by atoms with Gasteiger partial charge < -0.3 is 0 Å². The van der Waals surface area contributed by atoms with Crippen molar-refractivity contribution in [1.29, 1.82) is 0 Å². The van der Waals surface area contributed by atoms with Crippen LogP contribution in [-0.2, 0) is 6.42 Å². The first-order valence-electron chi connectivity index (χ1n) is 4.77. The first-order chi connectivity index (χ1) is 7.65. The lowest BCUT2D eigenvalue weighted by atomic mass is 10.1. The van der Waals surface area contributed by atoms with Crippen molar-refractivity contribution in [3.63, 3.8) is 0 Å². The molecule has 84 valence electrons. The van der Waals surface area contributed by atoms with Gasteiger partial charge in [-0.1, -0.05) is 23.7 Å².